The van der Waals surface area contributed by atoms with Crippen LogP contribution in [-0.4, -0.2) is 101 Å². The molecule has 0 aromatic carbocycles. The van der Waals surface area contributed by atoms with Crippen LogP contribution in [0.25, 0.3) is 10.9 Å². The fraction of sp³-hybridized carbons (Fsp3) is 0.692. The van der Waals surface area contributed by atoms with Gasteiger partial charge in [-0.05, 0) is 40.2 Å². The van der Waals surface area contributed by atoms with E-state index in [9.17, 15) is 9.18 Å². The maximum Gasteiger partial charge on any atom is 0.410 e. The molecule has 13 heteroatoms. The van der Waals surface area contributed by atoms with E-state index >= 15 is 4.39 Å². The number of aromatic nitrogens is 3. The molecule has 0 N–H and O–H groups in total. The Balaban J connectivity index is 1.35. The summed E-state index contributed by atoms with van der Waals surface area (Å²) in [7, 11) is 1.84. The molecular formula is C26H33ClF2N6O4. The number of halogens is 3. The maximum absolute atomic E-state index is 15.3. The van der Waals surface area contributed by atoms with Crippen molar-refractivity contribution in [2.45, 2.75) is 63.4 Å². The number of hydrogen-bond acceptors (Lipinski definition) is 9. The molecule has 4 atom stereocenters. The van der Waals surface area contributed by atoms with Crippen LogP contribution in [0.1, 0.15) is 40.0 Å². The number of alkyl halides is 1. The molecule has 6 rings (SSSR count). The lowest BCUT2D eigenvalue weighted by Crippen LogP contribution is -2.44. The number of ether oxygens (including phenoxy) is 3. The zero-order chi connectivity index (χ0) is 27.7. The van der Waals surface area contributed by atoms with Gasteiger partial charge in [0.2, 0.25) is 5.88 Å². The highest BCUT2D eigenvalue weighted by molar-refractivity contribution is 6.30. The molecule has 2 aromatic heterocycles. The second kappa shape index (κ2) is 9.43. The minimum Gasteiger partial charge on any atom is -0.477 e. The van der Waals surface area contributed by atoms with Crippen molar-refractivity contribution in [1.29, 1.82) is 0 Å². The number of anilines is 1. The van der Waals surface area contributed by atoms with Crippen LogP contribution in [0.5, 0.6) is 11.9 Å². The molecule has 4 aliphatic heterocycles. The summed E-state index contributed by atoms with van der Waals surface area (Å²) in [4.78, 5) is 31.7. The van der Waals surface area contributed by atoms with E-state index in [2.05, 4.69) is 19.9 Å². The van der Waals surface area contributed by atoms with Crippen LogP contribution in [0.3, 0.4) is 0 Å². The summed E-state index contributed by atoms with van der Waals surface area (Å²) in [5.41, 5.74) is -1.11. The first-order valence-electron chi connectivity index (χ1n) is 13.4. The van der Waals surface area contributed by atoms with E-state index in [1.54, 1.807) is 4.90 Å². The first-order chi connectivity index (χ1) is 18.4. The summed E-state index contributed by atoms with van der Waals surface area (Å²) in [5.74, 6) is -0.410. The zero-order valence-electron chi connectivity index (χ0n) is 22.5. The fourth-order valence-corrected chi connectivity index (χ4v) is 6.59. The zero-order valence-corrected chi connectivity index (χ0v) is 23.3. The SMILES string of the molecule is CN1c2nc(OC[C@@]34CCCN3C[C@H](F)C4)nc3c(F)c(Cl)nc(c23)OCC2CN(C(=O)OC(C)(C)C)CC21. The average molecular weight is 567 g/mol. The maximum atomic E-state index is 15.3. The Kier molecular flexibility index (Phi) is 6.41. The lowest BCUT2D eigenvalue weighted by molar-refractivity contribution is 0.0283. The highest BCUT2D eigenvalue weighted by atomic mass is 35.5. The second-order valence-electron chi connectivity index (χ2n) is 12.1. The van der Waals surface area contributed by atoms with Gasteiger partial charge in [0.05, 0.1) is 18.2 Å². The van der Waals surface area contributed by atoms with Crippen molar-refractivity contribution in [3.8, 4) is 11.9 Å². The van der Waals surface area contributed by atoms with Gasteiger partial charge in [-0.25, -0.2) is 13.6 Å². The van der Waals surface area contributed by atoms with E-state index in [4.69, 9.17) is 25.8 Å². The van der Waals surface area contributed by atoms with Crippen LogP contribution in [0.15, 0.2) is 0 Å². The third kappa shape index (κ3) is 4.69. The lowest BCUT2D eigenvalue weighted by Gasteiger charge is -2.33. The molecular weight excluding hydrogens is 534 g/mol. The first kappa shape index (κ1) is 26.5. The van der Waals surface area contributed by atoms with Gasteiger partial charge in [0.15, 0.2) is 11.0 Å². The third-order valence-corrected chi connectivity index (χ3v) is 8.48. The molecule has 0 aliphatic carbocycles. The summed E-state index contributed by atoms with van der Waals surface area (Å²) in [6.07, 6.45) is 0.864. The van der Waals surface area contributed by atoms with Crippen LogP contribution in [-0.2, 0) is 4.74 Å². The summed E-state index contributed by atoms with van der Waals surface area (Å²) in [6.45, 7) is 7.90. The Morgan fingerprint density at radius 3 is 2.79 bits per heavy atom. The quantitative estimate of drug-likeness (QED) is 0.514. The molecule has 0 saturated carbocycles. The molecule has 39 heavy (non-hydrogen) atoms. The topological polar surface area (TPSA) is 93.1 Å². The average Bonchev–Trinajstić information content (AvgIpc) is 3.53. The molecule has 0 spiro atoms. The summed E-state index contributed by atoms with van der Waals surface area (Å²) in [5, 5.41) is -0.0856. The van der Waals surface area contributed by atoms with Crippen molar-refractivity contribution < 1.29 is 27.8 Å². The highest BCUT2D eigenvalue weighted by Crippen LogP contribution is 2.42. The van der Waals surface area contributed by atoms with Gasteiger partial charge < -0.3 is 24.0 Å². The van der Waals surface area contributed by atoms with Gasteiger partial charge in [-0.15, -0.1) is 0 Å². The Labute approximate surface area is 230 Å². The summed E-state index contributed by atoms with van der Waals surface area (Å²) >= 11 is 6.14. The molecule has 3 saturated heterocycles. The molecule has 2 aromatic rings. The number of carbonyl (C=O) groups is 1. The Morgan fingerprint density at radius 1 is 1.23 bits per heavy atom. The molecule has 0 radical (unpaired) electrons. The molecule has 212 valence electrons. The summed E-state index contributed by atoms with van der Waals surface area (Å²) < 4.78 is 47.3. The van der Waals surface area contributed by atoms with Gasteiger partial charge in [-0.3, -0.25) is 4.90 Å². The number of amides is 1. The van der Waals surface area contributed by atoms with E-state index in [0.29, 0.717) is 31.9 Å². The van der Waals surface area contributed by atoms with Gasteiger partial charge in [0.1, 0.15) is 35.1 Å². The number of hydrogen-bond donors (Lipinski definition) is 0. The largest absolute Gasteiger partial charge is 0.477 e. The van der Waals surface area contributed by atoms with E-state index in [1.807, 2.05) is 32.7 Å². The number of rotatable bonds is 3. The minimum absolute atomic E-state index is 0.0286. The Bertz CT molecular complexity index is 1310. The van der Waals surface area contributed by atoms with Crippen molar-refractivity contribution in [3.63, 3.8) is 0 Å². The third-order valence-electron chi connectivity index (χ3n) is 8.23. The van der Waals surface area contributed by atoms with E-state index in [1.165, 1.54) is 0 Å². The van der Waals surface area contributed by atoms with Crippen LogP contribution < -0.4 is 14.4 Å². The normalized spacial score (nSPS) is 28.6. The molecule has 10 nitrogen and oxygen atoms in total. The highest BCUT2D eigenvalue weighted by Gasteiger charge is 2.49. The number of carbonyl (C=O) groups excluding carboxylic acids is 1. The molecule has 4 aliphatic rings. The molecule has 1 amide bonds. The van der Waals surface area contributed by atoms with Gasteiger partial charge in [-0.1, -0.05) is 11.6 Å². The van der Waals surface area contributed by atoms with Gasteiger partial charge in [0.25, 0.3) is 0 Å². The van der Waals surface area contributed by atoms with Crippen molar-refractivity contribution >= 4 is 34.4 Å². The predicted octanol–water partition coefficient (Wildman–Crippen LogP) is 3.84. The van der Waals surface area contributed by atoms with Crippen LogP contribution >= 0.6 is 11.6 Å². The Morgan fingerprint density at radius 2 is 2.03 bits per heavy atom. The van der Waals surface area contributed by atoms with Crippen molar-refractivity contribution in [2.24, 2.45) is 5.92 Å². The number of fused-ring (bicyclic) bond motifs is 2. The van der Waals surface area contributed by atoms with Gasteiger partial charge in [-0.2, -0.15) is 15.0 Å². The molecule has 0 bridgehead atoms. The smallest absolute Gasteiger partial charge is 0.410 e. The van der Waals surface area contributed by atoms with Crippen molar-refractivity contribution in [3.05, 3.63) is 11.0 Å². The monoisotopic (exact) mass is 566 g/mol. The summed E-state index contributed by atoms with van der Waals surface area (Å²) in [6, 6.07) is -0.222. The fourth-order valence-electron chi connectivity index (χ4n) is 6.42. The van der Waals surface area contributed by atoms with Crippen LogP contribution in [0, 0.1) is 11.7 Å². The van der Waals surface area contributed by atoms with E-state index in [-0.39, 0.29) is 53.1 Å². The number of nitrogens with zero attached hydrogens (tertiary/aromatic N) is 6. The molecule has 2 unspecified atom stereocenters. The first-order valence-corrected chi connectivity index (χ1v) is 13.7. The van der Waals surface area contributed by atoms with Crippen molar-refractivity contribution in [1.82, 2.24) is 24.8 Å². The van der Waals surface area contributed by atoms with Crippen molar-refractivity contribution in [2.75, 3.05) is 51.3 Å². The number of likely N-dealkylation sites (N-methyl/N-ethyl adjacent to an activating group) is 1. The minimum atomic E-state index is -0.903. The molecule has 6 heterocycles. The van der Waals surface area contributed by atoms with E-state index in [0.717, 1.165) is 19.4 Å². The van der Waals surface area contributed by atoms with Gasteiger partial charge in [0, 0.05) is 39.0 Å². The standard InChI is InChI=1S/C26H33ClF2N6O4/c1-25(2,3)39-24(36)34-9-14-12-37-22-17-19(18(29)20(27)31-22)30-23(32-21(17)33(4)16(14)11-34)38-13-26-6-5-7-35(26)10-15(28)8-26/h14-16H,5-13H2,1-4H3/t14?,15-,16?,26+/m1/s1. The predicted molar refractivity (Wildman–Crippen MR) is 140 cm³/mol. The number of pyridine rings is 1. The lowest BCUT2D eigenvalue weighted by atomic mass is 9.95. The van der Waals surface area contributed by atoms with Crippen LogP contribution in [0.4, 0.5) is 19.4 Å². The Hall–Kier alpha value is -2.73. The second-order valence-corrected chi connectivity index (χ2v) is 12.4. The van der Waals surface area contributed by atoms with Crippen LogP contribution in [0.2, 0.25) is 5.15 Å². The number of likely N-dealkylation sites (tertiary alicyclic amines) is 1. The van der Waals surface area contributed by atoms with E-state index < -0.39 is 29.2 Å². The molecule has 3 fully saturated rings. The van der Waals surface area contributed by atoms with Gasteiger partial charge >= 0.3 is 12.1 Å².